The first kappa shape index (κ1) is 10.6. The highest BCUT2D eigenvalue weighted by Gasteiger charge is 2.38. The lowest BCUT2D eigenvalue weighted by Gasteiger charge is -2.24. The fourth-order valence-electron chi connectivity index (χ4n) is 2.83. The Hall–Kier alpha value is -1.58. The molecular formula is C13H15FN2O. The van der Waals surface area contributed by atoms with Crippen molar-refractivity contribution in [1.29, 1.82) is 0 Å². The van der Waals surface area contributed by atoms with Gasteiger partial charge >= 0.3 is 0 Å². The number of benzene rings is 1. The Morgan fingerprint density at radius 2 is 2.18 bits per heavy atom. The molecule has 4 heteroatoms. The highest BCUT2D eigenvalue weighted by atomic mass is 19.1. The molecule has 1 amide bonds. The zero-order valence-corrected chi connectivity index (χ0v) is 9.82. The van der Waals surface area contributed by atoms with Crippen LogP contribution in [0.2, 0.25) is 0 Å². The average molecular weight is 234 g/mol. The number of halogens is 1. The maximum atomic E-state index is 13.7. The van der Waals surface area contributed by atoms with Gasteiger partial charge in [-0.2, -0.15) is 0 Å². The Morgan fingerprint density at radius 3 is 3.00 bits per heavy atom. The second-order valence-corrected chi connectivity index (χ2v) is 4.76. The van der Waals surface area contributed by atoms with Crippen LogP contribution in [0.15, 0.2) is 18.2 Å². The van der Waals surface area contributed by atoms with E-state index in [9.17, 15) is 9.18 Å². The minimum atomic E-state index is -0.200. The van der Waals surface area contributed by atoms with E-state index in [0.29, 0.717) is 12.0 Å². The summed E-state index contributed by atoms with van der Waals surface area (Å²) >= 11 is 0. The molecule has 0 radical (unpaired) electrons. The molecule has 0 saturated carbocycles. The largest absolute Gasteiger partial charge is 0.359 e. The molecule has 1 unspecified atom stereocenters. The van der Waals surface area contributed by atoms with Crippen LogP contribution in [0.1, 0.15) is 12.0 Å². The maximum Gasteiger partial charge on any atom is 0.245 e. The molecular weight excluding hydrogens is 219 g/mol. The number of carbonyl (C=O) groups excluding carboxylic acids is 1. The number of hydrogen-bond donors (Lipinski definition) is 0. The van der Waals surface area contributed by atoms with Crippen molar-refractivity contribution in [3.63, 3.8) is 0 Å². The molecule has 0 spiro atoms. The lowest BCUT2D eigenvalue weighted by atomic mass is 10.1. The van der Waals surface area contributed by atoms with Crippen molar-refractivity contribution in [3.05, 3.63) is 29.6 Å². The molecule has 2 aliphatic heterocycles. The molecule has 3 nitrogen and oxygen atoms in total. The first-order valence-corrected chi connectivity index (χ1v) is 5.97. The van der Waals surface area contributed by atoms with Gasteiger partial charge in [-0.3, -0.25) is 4.79 Å². The van der Waals surface area contributed by atoms with E-state index in [1.165, 1.54) is 6.07 Å². The molecule has 1 saturated heterocycles. The van der Waals surface area contributed by atoms with Gasteiger partial charge in [0, 0.05) is 37.8 Å². The number of nitrogens with zero attached hydrogens (tertiary/aromatic N) is 2. The molecule has 2 heterocycles. The minimum absolute atomic E-state index is 0.109. The molecule has 1 fully saturated rings. The highest BCUT2D eigenvalue weighted by Crippen LogP contribution is 2.35. The zero-order chi connectivity index (χ0) is 12.0. The normalized spacial score (nSPS) is 23.4. The third kappa shape index (κ3) is 1.51. The van der Waals surface area contributed by atoms with Gasteiger partial charge in [-0.1, -0.05) is 6.07 Å². The molecule has 90 valence electrons. The third-order valence-electron chi connectivity index (χ3n) is 3.73. The molecule has 1 aromatic rings. The number of rotatable bonds is 0. The van der Waals surface area contributed by atoms with Gasteiger partial charge in [0.2, 0.25) is 5.91 Å². The first-order valence-electron chi connectivity index (χ1n) is 5.97. The van der Waals surface area contributed by atoms with E-state index in [0.717, 1.165) is 25.2 Å². The summed E-state index contributed by atoms with van der Waals surface area (Å²) in [5.74, 6) is -0.0795. The summed E-state index contributed by atoms with van der Waals surface area (Å²) in [7, 11) is 1.82. The Kier molecular flexibility index (Phi) is 2.31. The maximum absolute atomic E-state index is 13.7. The van der Waals surface area contributed by atoms with Gasteiger partial charge in [0.15, 0.2) is 0 Å². The SMILES string of the molecule is CN1CCCN2c3cccc(F)c3CC2C1=O. The van der Waals surface area contributed by atoms with E-state index in [1.54, 1.807) is 11.0 Å². The number of carbonyl (C=O) groups is 1. The van der Waals surface area contributed by atoms with E-state index in [4.69, 9.17) is 0 Å². The van der Waals surface area contributed by atoms with Gasteiger partial charge in [0.05, 0.1) is 0 Å². The van der Waals surface area contributed by atoms with Crippen LogP contribution < -0.4 is 4.90 Å². The van der Waals surface area contributed by atoms with Crippen molar-refractivity contribution in [2.24, 2.45) is 0 Å². The Balaban J connectivity index is 2.03. The lowest BCUT2D eigenvalue weighted by Crippen LogP contribution is -2.42. The van der Waals surface area contributed by atoms with Crippen molar-refractivity contribution in [2.75, 3.05) is 25.0 Å². The molecule has 0 N–H and O–H groups in total. The van der Waals surface area contributed by atoms with Crippen LogP contribution in [0.25, 0.3) is 0 Å². The smallest absolute Gasteiger partial charge is 0.245 e. The summed E-state index contributed by atoms with van der Waals surface area (Å²) in [6.07, 6.45) is 1.44. The topological polar surface area (TPSA) is 23.6 Å². The number of fused-ring (bicyclic) bond motifs is 3. The molecule has 2 aliphatic rings. The second kappa shape index (κ2) is 3.72. The van der Waals surface area contributed by atoms with E-state index in [-0.39, 0.29) is 17.8 Å². The molecule has 17 heavy (non-hydrogen) atoms. The number of likely N-dealkylation sites (N-methyl/N-ethyl adjacent to an activating group) is 1. The Labute approximate surface area is 99.8 Å². The van der Waals surface area contributed by atoms with Crippen LogP contribution in [0.4, 0.5) is 10.1 Å². The molecule has 0 aliphatic carbocycles. The predicted molar refractivity (Wildman–Crippen MR) is 63.5 cm³/mol. The first-order chi connectivity index (χ1) is 8.18. The van der Waals surface area contributed by atoms with Crippen molar-refractivity contribution in [1.82, 2.24) is 4.90 Å². The molecule has 0 aromatic heterocycles. The van der Waals surface area contributed by atoms with Gasteiger partial charge in [-0.15, -0.1) is 0 Å². The van der Waals surface area contributed by atoms with E-state index < -0.39 is 0 Å². The quantitative estimate of drug-likeness (QED) is 0.678. The van der Waals surface area contributed by atoms with Gasteiger partial charge in [0.25, 0.3) is 0 Å². The summed E-state index contributed by atoms with van der Waals surface area (Å²) in [6.45, 7) is 1.62. The number of hydrogen-bond acceptors (Lipinski definition) is 2. The van der Waals surface area contributed by atoms with Crippen LogP contribution in [-0.4, -0.2) is 37.0 Å². The minimum Gasteiger partial charge on any atom is -0.359 e. The second-order valence-electron chi connectivity index (χ2n) is 4.76. The van der Waals surface area contributed by atoms with Crippen LogP contribution in [0.3, 0.4) is 0 Å². The van der Waals surface area contributed by atoms with Crippen molar-refractivity contribution in [3.8, 4) is 0 Å². The summed E-state index contributed by atoms with van der Waals surface area (Å²) in [4.78, 5) is 16.0. The number of amides is 1. The lowest BCUT2D eigenvalue weighted by molar-refractivity contribution is -0.130. The average Bonchev–Trinajstić information content (AvgIpc) is 2.62. The van der Waals surface area contributed by atoms with Gasteiger partial charge in [-0.05, 0) is 18.6 Å². The Bertz CT molecular complexity index is 474. The van der Waals surface area contributed by atoms with Crippen molar-refractivity contribution < 1.29 is 9.18 Å². The highest BCUT2D eigenvalue weighted by molar-refractivity contribution is 5.88. The monoisotopic (exact) mass is 234 g/mol. The molecule has 1 aromatic carbocycles. The Morgan fingerprint density at radius 1 is 1.35 bits per heavy atom. The summed E-state index contributed by atoms with van der Waals surface area (Å²) < 4.78 is 13.7. The summed E-state index contributed by atoms with van der Waals surface area (Å²) in [5.41, 5.74) is 1.60. The predicted octanol–water partition coefficient (Wildman–Crippen LogP) is 1.42. The van der Waals surface area contributed by atoms with Crippen LogP contribution in [0.5, 0.6) is 0 Å². The molecule has 3 rings (SSSR count). The van der Waals surface area contributed by atoms with Gasteiger partial charge < -0.3 is 9.80 Å². The fourth-order valence-corrected chi connectivity index (χ4v) is 2.83. The standard InChI is InChI=1S/C13H15FN2O/c1-15-6-3-7-16-11-5-2-4-10(14)9(11)8-12(16)13(15)17/h2,4-5,12H,3,6-8H2,1H3. The van der Waals surface area contributed by atoms with Crippen molar-refractivity contribution in [2.45, 2.75) is 18.9 Å². The van der Waals surface area contributed by atoms with E-state index >= 15 is 0 Å². The zero-order valence-electron chi connectivity index (χ0n) is 9.82. The number of anilines is 1. The van der Waals surface area contributed by atoms with E-state index in [1.807, 2.05) is 13.1 Å². The van der Waals surface area contributed by atoms with Crippen molar-refractivity contribution >= 4 is 11.6 Å². The summed E-state index contributed by atoms with van der Waals surface area (Å²) in [5, 5.41) is 0. The van der Waals surface area contributed by atoms with Crippen LogP contribution >= 0.6 is 0 Å². The van der Waals surface area contributed by atoms with Crippen LogP contribution in [-0.2, 0) is 11.2 Å². The van der Waals surface area contributed by atoms with Crippen LogP contribution in [0, 0.1) is 5.82 Å². The van der Waals surface area contributed by atoms with Gasteiger partial charge in [0.1, 0.15) is 11.9 Å². The fraction of sp³-hybridized carbons (Fsp3) is 0.462. The summed E-state index contributed by atoms with van der Waals surface area (Å²) in [6, 6.07) is 4.90. The molecule has 1 atom stereocenters. The molecule has 0 bridgehead atoms. The van der Waals surface area contributed by atoms with E-state index in [2.05, 4.69) is 4.90 Å². The van der Waals surface area contributed by atoms with Gasteiger partial charge in [-0.25, -0.2) is 4.39 Å². The third-order valence-corrected chi connectivity index (χ3v) is 3.73.